The first-order chi connectivity index (χ1) is 64.2. The quantitative estimate of drug-likeness (QED) is 0.0323. The molecule has 39 heteroatoms. The van der Waals surface area contributed by atoms with Crippen LogP contribution >= 0.6 is 94.5 Å². The van der Waals surface area contributed by atoms with Crippen molar-refractivity contribution < 1.29 is 51.6 Å². The molecule has 7 atom stereocenters. The molecule has 29 nitrogen and oxygen atoms in total. The Balaban J connectivity index is 0.000000210. The van der Waals surface area contributed by atoms with Gasteiger partial charge in [-0.1, -0.05) is 111 Å². The second-order valence-corrected chi connectivity index (χ2v) is 35.9. The van der Waals surface area contributed by atoms with Gasteiger partial charge in [-0.15, -0.1) is 0 Å². The molecule has 19 rings (SSSR count). The Kier molecular flexibility index (Phi) is 40.1. The second kappa shape index (κ2) is 50.4. The SMILES string of the molecule is C=C(F)C(=O)N1CCN(c2nc(OC[C@@H]3CCCN3)nc3c2CCN(c2cccc4cccc(C)c24)C3)C[C@@H]1CC#N.C=C(F)C(=O)N1CCN(c2nc(OC[C@@H]3CCCN3C)nc3c2CCN(c2cccc4cccc(CO)c24)C3)C[C@@H]1CC#N.S.S.S.S.S.S.S.[C-]#[N+]C[C@H]1CN(c2nc(OCCCN3C[C@@H]4C[C@H]3CO4)nc3c2CCN(c2cccc4cccc(C)c24)C3)CCN1C(=O)C(=C)F. The van der Waals surface area contributed by atoms with Crippen molar-refractivity contribution in [2.24, 2.45) is 0 Å². The Morgan fingerprint density at radius 3 is 1.35 bits per heavy atom. The normalized spacial score (nSPS) is 20.1. The highest BCUT2D eigenvalue weighted by Gasteiger charge is 2.42. The molecule has 2 bridgehead atoms. The van der Waals surface area contributed by atoms with Crippen LogP contribution in [0, 0.1) is 43.1 Å². The van der Waals surface area contributed by atoms with E-state index in [9.17, 15) is 43.2 Å². The average molecular weight is 2030 g/mol. The Labute approximate surface area is 860 Å². The van der Waals surface area contributed by atoms with Crippen LogP contribution in [0.2, 0.25) is 0 Å². The highest BCUT2D eigenvalue weighted by atomic mass is 32.1. The monoisotopic (exact) mass is 2030 g/mol. The summed E-state index contributed by atoms with van der Waals surface area (Å²) in [7, 11) is 2.10. The molecule has 139 heavy (non-hydrogen) atoms. The van der Waals surface area contributed by atoms with Crippen molar-refractivity contribution >= 4 is 179 Å². The molecule has 7 fully saturated rings. The third-order valence-corrected chi connectivity index (χ3v) is 27.7. The number of rotatable bonds is 24. The van der Waals surface area contributed by atoms with E-state index in [1.807, 2.05) is 18.2 Å². The fraction of sp³-hybridized carbons (Fsp3) is 0.460. The molecule has 0 saturated carbocycles. The van der Waals surface area contributed by atoms with Crippen molar-refractivity contribution in [2.45, 2.75) is 153 Å². The minimum absolute atomic E-state index is 0. The highest BCUT2D eigenvalue weighted by Crippen LogP contribution is 2.42. The Morgan fingerprint density at radius 1 is 0.518 bits per heavy atom. The topological polar surface area (TPSA) is 285 Å². The van der Waals surface area contributed by atoms with E-state index in [0.717, 1.165) is 177 Å². The molecule has 2 N–H and O–H groups in total. The second-order valence-electron chi connectivity index (χ2n) is 35.9. The van der Waals surface area contributed by atoms with Crippen LogP contribution in [-0.4, -0.2) is 264 Å². The lowest BCUT2D eigenvalue weighted by Crippen LogP contribution is -2.57. The lowest BCUT2D eigenvalue weighted by Gasteiger charge is -2.42. The Bertz CT molecular complexity index is 6000. The number of aliphatic hydroxyl groups excluding tert-OH is 1. The van der Waals surface area contributed by atoms with Crippen LogP contribution in [0.3, 0.4) is 0 Å². The van der Waals surface area contributed by atoms with Gasteiger partial charge in [0.05, 0.1) is 99.7 Å². The average Bonchev–Trinajstić information content (AvgIpc) is 1.40. The summed E-state index contributed by atoms with van der Waals surface area (Å²) < 4.78 is 65.8. The molecule has 6 aromatic carbocycles. The molecule has 10 aliphatic rings. The summed E-state index contributed by atoms with van der Waals surface area (Å²) in [5, 5.41) is 39.6. The van der Waals surface area contributed by atoms with E-state index in [1.54, 1.807) is 0 Å². The molecule has 7 saturated heterocycles. The number of likely N-dealkylation sites (tertiary alicyclic amines) is 2. The van der Waals surface area contributed by atoms with Gasteiger partial charge < -0.3 is 83.2 Å². The van der Waals surface area contributed by atoms with Gasteiger partial charge in [-0.3, -0.25) is 19.3 Å². The zero-order valence-electron chi connectivity index (χ0n) is 78.9. The zero-order valence-corrected chi connectivity index (χ0v) is 85.9. The number of fused-ring (bicyclic) bond motifs is 8. The van der Waals surface area contributed by atoms with Gasteiger partial charge in [-0.05, 0) is 143 Å². The van der Waals surface area contributed by atoms with Crippen molar-refractivity contribution in [3.05, 3.63) is 208 Å². The summed E-state index contributed by atoms with van der Waals surface area (Å²) in [6.45, 7) is 34.9. The standard InChI is InChI=1S/C35H40FN7O3.C33H38FN7O3.C32H36FN7O2.7H2S/c1-23-7-4-8-25-9-5-10-31(32(23)25)41-13-11-29-30(21-41)38-35(45-16-6-12-40-20-28-17-26(40)22-46-28)39-33(29)42-14-15-43(34(44)24(2)36)27(19-42)18-37-3;1-22(34)32(43)41-17-16-40(18-25(41)11-13-35)31-27-12-15-39(29-10-4-7-23-6-3-8-24(20-42)30(23)29)19-28(27)36-33(37-31)44-21-26-9-5-14-38(26)2;1-21-6-3-7-23-8-4-10-28(29(21)23)38-15-12-26-27(19-38)36-32(42-20-24-9-5-14-35-24)37-30(26)39-16-17-40(31(41)22(2)33)25(18-39)11-13-34;;;;;;;/h4-5,7-10,26-28H,2,6,11-22H2,1H3;3-4,6-8,10,25-26,42H,1,5,9,11-12,14-21H2,2H3;3-4,6-8,10,24-25,35H,2,5,9,11-12,14-20H2,1H3;7*1H2/t26-,27-,28-;25-,26-;24-,25-;;;;;;;/m000......./s1. The largest absolute Gasteiger partial charge is 0.463 e. The maximum Gasteiger partial charge on any atom is 0.318 e. The van der Waals surface area contributed by atoms with Crippen LogP contribution in [0.5, 0.6) is 18.0 Å². The van der Waals surface area contributed by atoms with E-state index in [4.69, 9.17) is 55.4 Å². The van der Waals surface area contributed by atoms with Crippen LogP contribution < -0.4 is 48.9 Å². The number of carbonyl (C=O) groups excluding carboxylic acids is 3. The van der Waals surface area contributed by atoms with Gasteiger partial charge in [0.2, 0.25) is 6.54 Å². The number of hydrogen-bond donors (Lipinski definition) is 2. The van der Waals surface area contributed by atoms with Crippen molar-refractivity contribution in [3.8, 4) is 30.2 Å². The maximum absolute atomic E-state index is 13.9. The van der Waals surface area contributed by atoms with Gasteiger partial charge >= 0.3 is 18.0 Å². The van der Waals surface area contributed by atoms with Crippen molar-refractivity contribution in [1.29, 1.82) is 10.5 Å². The summed E-state index contributed by atoms with van der Waals surface area (Å²) in [6, 6.07) is 42.7. The minimum atomic E-state index is -1.02. The summed E-state index contributed by atoms with van der Waals surface area (Å²) in [5.41, 5.74) is 12.6. The number of piperazine rings is 3. The Hall–Kier alpha value is -10.3. The van der Waals surface area contributed by atoms with E-state index < -0.39 is 53.3 Å². The summed E-state index contributed by atoms with van der Waals surface area (Å²) in [4.78, 5) is 93.1. The number of amides is 3. The molecule has 3 amide bonds. The zero-order chi connectivity index (χ0) is 91.8. The van der Waals surface area contributed by atoms with E-state index >= 15 is 0 Å². The van der Waals surface area contributed by atoms with Crippen molar-refractivity contribution in [3.63, 3.8) is 0 Å². The molecule has 0 spiro atoms. The number of carbonyl (C=O) groups is 3. The fourth-order valence-corrected chi connectivity index (χ4v) is 20.9. The van der Waals surface area contributed by atoms with Gasteiger partial charge in [-0.25, -0.2) is 19.7 Å². The number of ether oxygens (including phenoxy) is 4. The molecular weight excluding hydrogens is 1900 g/mol. The lowest BCUT2D eigenvalue weighted by atomic mass is 9.99. The first-order valence-corrected chi connectivity index (χ1v) is 46.2. The highest BCUT2D eigenvalue weighted by molar-refractivity contribution is 7.60. The van der Waals surface area contributed by atoms with Gasteiger partial charge in [0.25, 0.3) is 17.7 Å². The number of aromatic nitrogens is 6. The number of likely N-dealkylation sites (N-methyl/N-ethyl adjacent to an activating group) is 1. The number of morpholine rings is 1. The van der Waals surface area contributed by atoms with Crippen molar-refractivity contribution in [2.75, 3.05) is 174 Å². The molecule has 0 aliphatic carbocycles. The number of hydrogen-bond acceptors (Lipinski definition) is 25. The van der Waals surface area contributed by atoms with E-state index in [-0.39, 0.29) is 146 Å². The molecule has 0 unspecified atom stereocenters. The van der Waals surface area contributed by atoms with Crippen LogP contribution in [-0.2, 0) is 64.6 Å². The molecule has 0 radical (unpaired) electrons. The minimum Gasteiger partial charge on any atom is -0.463 e. The van der Waals surface area contributed by atoms with E-state index in [1.165, 1.54) is 58.7 Å². The van der Waals surface area contributed by atoms with Crippen LogP contribution in [0.4, 0.5) is 47.7 Å². The molecule has 13 heterocycles. The third-order valence-electron chi connectivity index (χ3n) is 27.7. The van der Waals surface area contributed by atoms with Gasteiger partial charge in [0, 0.05) is 160 Å². The molecule has 744 valence electrons. The number of aryl methyl sites for hydroxylation is 2. The Morgan fingerprint density at radius 2 is 0.942 bits per heavy atom. The predicted octanol–water partition coefficient (Wildman–Crippen LogP) is 12.6. The number of nitrogens with zero attached hydrogens (tertiary/aromatic N) is 20. The third kappa shape index (κ3) is 24.7. The number of nitrogens with one attached hydrogen (secondary N) is 1. The maximum atomic E-state index is 13.9. The molecule has 3 aromatic heterocycles. The number of aliphatic hydroxyl groups is 1. The van der Waals surface area contributed by atoms with Gasteiger partial charge in [-0.2, -0.15) is 135 Å². The summed E-state index contributed by atoms with van der Waals surface area (Å²) in [6.07, 6.45) is 9.04. The summed E-state index contributed by atoms with van der Waals surface area (Å²) in [5.74, 6) is -3.01. The van der Waals surface area contributed by atoms with E-state index in [0.29, 0.717) is 121 Å². The van der Waals surface area contributed by atoms with Crippen molar-refractivity contribution in [1.82, 2.24) is 59.7 Å². The number of halogens is 3. The fourth-order valence-electron chi connectivity index (χ4n) is 20.9. The summed E-state index contributed by atoms with van der Waals surface area (Å²) >= 11 is 0. The smallest absolute Gasteiger partial charge is 0.318 e. The number of anilines is 6. The molecule has 10 aliphatic heterocycles. The first-order valence-electron chi connectivity index (χ1n) is 46.2. The van der Waals surface area contributed by atoms with Gasteiger partial charge in [0.15, 0.2) is 17.5 Å². The molecular formula is C100H128F3N21O8S7. The van der Waals surface area contributed by atoms with Gasteiger partial charge in [0.1, 0.15) is 36.7 Å². The van der Waals surface area contributed by atoms with Crippen LogP contribution in [0.25, 0.3) is 37.2 Å². The number of benzene rings is 6. The molecule has 9 aromatic rings. The lowest BCUT2D eigenvalue weighted by molar-refractivity contribution is -0.132. The van der Waals surface area contributed by atoms with Crippen LogP contribution in [0.1, 0.15) is 102 Å². The van der Waals surface area contributed by atoms with E-state index in [2.05, 4.69) is 193 Å². The predicted molar refractivity (Wildman–Crippen MR) is 574 cm³/mol. The first kappa shape index (κ1) is 111. The number of nitriles is 2. The van der Waals surface area contributed by atoms with Crippen LogP contribution in [0.15, 0.2) is 146 Å².